The minimum atomic E-state index is -4.67. The standard InChI is InChI=1S/C20H23F4N3O2S/c21-15-8-7-12(20(22,23)24)11-14(15)17(28)25-10-9-16-18(29)27-19(30-16)26-13-5-3-1-2-4-6-13/h7-8,11,13,16H,1-6,9-10H2,(H,25,28)(H,26,27,29). The first kappa shape index (κ1) is 22.6. The average molecular weight is 445 g/mol. The predicted molar refractivity (Wildman–Crippen MR) is 107 cm³/mol. The highest BCUT2D eigenvalue weighted by molar-refractivity contribution is 8.15. The van der Waals surface area contributed by atoms with E-state index in [1.807, 2.05) is 0 Å². The molecule has 1 fully saturated rings. The maximum absolute atomic E-state index is 13.8. The molecule has 1 aliphatic carbocycles. The van der Waals surface area contributed by atoms with Crippen molar-refractivity contribution in [3.05, 3.63) is 35.1 Å². The number of hydrogen-bond acceptors (Lipinski definition) is 4. The van der Waals surface area contributed by atoms with E-state index in [1.165, 1.54) is 24.6 Å². The van der Waals surface area contributed by atoms with Crippen molar-refractivity contribution >= 4 is 28.7 Å². The number of benzene rings is 1. The third kappa shape index (κ3) is 5.96. The first-order chi connectivity index (χ1) is 14.2. The van der Waals surface area contributed by atoms with Crippen LogP contribution in [0, 0.1) is 5.82 Å². The van der Waals surface area contributed by atoms with E-state index >= 15 is 0 Å². The largest absolute Gasteiger partial charge is 0.416 e. The number of nitrogens with one attached hydrogen (secondary N) is 2. The molecule has 1 saturated carbocycles. The van der Waals surface area contributed by atoms with Gasteiger partial charge >= 0.3 is 6.18 Å². The summed E-state index contributed by atoms with van der Waals surface area (Å²) in [4.78, 5) is 28.2. The zero-order chi connectivity index (χ0) is 21.7. The summed E-state index contributed by atoms with van der Waals surface area (Å²) in [7, 11) is 0. The van der Waals surface area contributed by atoms with Crippen LogP contribution >= 0.6 is 11.8 Å². The van der Waals surface area contributed by atoms with Gasteiger partial charge in [-0.05, 0) is 37.5 Å². The molecule has 2 aliphatic rings. The van der Waals surface area contributed by atoms with Crippen LogP contribution in [0.25, 0.3) is 0 Å². The van der Waals surface area contributed by atoms with E-state index < -0.39 is 34.3 Å². The van der Waals surface area contributed by atoms with Gasteiger partial charge in [-0.15, -0.1) is 0 Å². The van der Waals surface area contributed by atoms with Crippen LogP contribution in [0.3, 0.4) is 0 Å². The second-order valence-corrected chi connectivity index (χ2v) is 8.62. The van der Waals surface area contributed by atoms with Crippen molar-refractivity contribution in [2.75, 3.05) is 6.54 Å². The van der Waals surface area contributed by atoms with Crippen LogP contribution in [0.2, 0.25) is 0 Å². The molecule has 10 heteroatoms. The first-order valence-corrected chi connectivity index (χ1v) is 10.8. The molecule has 0 radical (unpaired) electrons. The van der Waals surface area contributed by atoms with Crippen molar-refractivity contribution in [1.29, 1.82) is 0 Å². The molecule has 1 aromatic rings. The molecule has 1 heterocycles. The fourth-order valence-electron chi connectivity index (χ4n) is 3.52. The molecule has 1 aromatic carbocycles. The van der Waals surface area contributed by atoms with Crippen LogP contribution < -0.4 is 10.6 Å². The monoisotopic (exact) mass is 445 g/mol. The minimum absolute atomic E-state index is 0.0180. The molecular weight excluding hydrogens is 422 g/mol. The molecule has 1 unspecified atom stereocenters. The van der Waals surface area contributed by atoms with Gasteiger partial charge in [-0.2, -0.15) is 18.2 Å². The van der Waals surface area contributed by atoms with Crippen LogP contribution in [-0.2, 0) is 11.0 Å². The molecule has 0 aromatic heterocycles. The van der Waals surface area contributed by atoms with Gasteiger partial charge in [0.15, 0.2) is 5.17 Å². The Balaban J connectivity index is 1.49. The van der Waals surface area contributed by atoms with Gasteiger partial charge < -0.3 is 10.6 Å². The number of carbonyl (C=O) groups excluding carboxylic acids is 2. The number of amides is 2. The summed E-state index contributed by atoms with van der Waals surface area (Å²) in [6, 6.07) is 1.99. The molecule has 2 N–H and O–H groups in total. The lowest BCUT2D eigenvalue weighted by Gasteiger charge is -2.17. The number of alkyl halides is 3. The van der Waals surface area contributed by atoms with Crippen LogP contribution in [-0.4, -0.2) is 34.8 Å². The average Bonchev–Trinajstić information content (AvgIpc) is 2.86. The molecule has 164 valence electrons. The second-order valence-electron chi connectivity index (χ2n) is 7.43. The lowest BCUT2D eigenvalue weighted by atomic mass is 10.1. The predicted octanol–water partition coefficient (Wildman–Crippen LogP) is 4.27. The number of rotatable bonds is 5. The molecular formula is C20H23F4N3O2S. The highest BCUT2D eigenvalue weighted by atomic mass is 32.2. The van der Waals surface area contributed by atoms with Crippen molar-refractivity contribution in [3.63, 3.8) is 0 Å². The van der Waals surface area contributed by atoms with Gasteiger partial charge in [-0.1, -0.05) is 37.4 Å². The SMILES string of the molecule is O=C(NCCC1SC(NC2CCCCCC2)=NC1=O)c1cc(C(F)(F)F)ccc1F. The van der Waals surface area contributed by atoms with E-state index in [1.54, 1.807) is 0 Å². The molecule has 3 rings (SSSR count). The summed E-state index contributed by atoms with van der Waals surface area (Å²) in [6.07, 6.45) is 2.37. The van der Waals surface area contributed by atoms with Crippen molar-refractivity contribution in [2.24, 2.45) is 4.99 Å². The maximum atomic E-state index is 13.8. The molecule has 5 nitrogen and oxygen atoms in total. The van der Waals surface area contributed by atoms with Crippen molar-refractivity contribution in [2.45, 2.75) is 62.4 Å². The van der Waals surface area contributed by atoms with E-state index in [2.05, 4.69) is 15.6 Å². The summed E-state index contributed by atoms with van der Waals surface area (Å²) < 4.78 is 52.1. The second kappa shape index (κ2) is 9.80. The van der Waals surface area contributed by atoms with Gasteiger partial charge in [-0.25, -0.2) is 4.39 Å². The fraction of sp³-hybridized carbons (Fsp3) is 0.550. The Labute approximate surface area is 176 Å². The smallest absolute Gasteiger partial charge is 0.362 e. The van der Waals surface area contributed by atoms with Gasteiger partial charge in [-0.3, -0.25) is 9.59 Å². The lowest BCUT2D eigenvalue weighted by molar-refractivity contribution is -0.137. The Morgan fingerprint density at radius 3 is 2.53 bits per heavy atom. The van der Waals surface area contributed by atoms with E-state index in [4.69, 9.17) is 0 Å². The van der Waals surface area contributed by atoms with E-state index in [-0.39, 0.29) is 18.9 Å². The molecule has 0 bridgehead atoms. The normalized spacial score (nSPS) is 20.6. The Bertz CT molecular complexity index is 821. The third-order valence-electron chi connectivity index (χ3n) is 5.15. The van der Waals surface area contributed by atoms with E-state index in [0.29, 0.717) is 29.4 Å². The van der Waals surface area contributed by atoms with Gasteiger partial charge in [0, 0.05) is 12.6 Å². The zero-order valence-corrected chi connectivity index (χ0v) is 17.0. The van der Waals surface area contributed by atoms with Gasteiger partial charge in [0.2, 0.25) is 0 Å². The van der Waals surface area contributed by atoms with Gasteiger partial charge in [0.25, 0.3) is 11.8 Å². The van der Waals surface area contributed by atoms with Crippen molar-refractivity contribution in [3.8, 4) is 0 Å². The molecule has 1 atom stereocenters. The van der Waals surface area contributed by atoms with Gasteiger partial charge in [0.05, 0.1) is 16.4 Å². The molecule has 0 saturated heterocycles. The summed E-state index contributed by atoms with van der Waals surface area (Å²) in [5.41, 5.74) is -1.78. The lowest BCUT2D eigenvalue weighted by Crippen LogP contribution is -2.32. The Morgan fingerprint density at radius 2 is 1.87 bits per heavy atom. The topological polar surface area (TPSA) is 70.6 Å². The number of nitrogens with zero attached hydrogens (tertiary/aromatic N) is 1. The first-order valence-electron chi connectivity index (χ1n) is 9.94. The van der Waals surface area contributed by atoms with E-state index in [9.17, 15) is 27.2 Å². The molecule has 1 aliphatic heterocycles. The number of carbonyl (C=O) groups is 2. The van der Waals surface area contributed by atoms with Crippen LogP contribution in [0.1, 0.15) is 60.9 Å². The van der Waals surface area contributed by atoms with E-state index in [0.717, 1.165) is 25.7 Å². The Kier molecular flexibility index (Phi) is 7.38. The van der Waals surface area contributed by atoms with Crippen LogP contribution in [0.4, 0.5) is 17.6 Å². The number of hydrogen-bond donors (Lipinski definition) is 2. The van der Waals surface area contributed by atoms with Crippen LogP contribution in [0.5, 0.6) is 0 Å². The Hall–Kier alpha value is -2.10. The van der Waals surface area contributed by atoms with Crippen molar-refractivity contribution in [1.82, 2.24) is 10.6 Å². The highest BCUT2D eigenvalue weighted by Gasteiger charge is 2.32. The maximum Gasteiger partial charge on any atom is 0.416 e. The Morgan fingerprint density at radius 1 is 1.17 bits per heavy atom. The number of aliphatic imine (C=N–C) groups is 1. The summed E-state index contributed by atoms with van der Waals surface area (Å²) in [5, 5.41) is 5.80. The molecule has 2 amide bonds. The number of thioether (sulfide) groups is 1. The number of halogens is 4. The third-order valence-corrected chi connectivity index (χ3v) is 6.31. The number of amidine groups is 1. The van der Waals surface area contributed by atoms with Gasteiger partial charge in [0.1, 0.15) is 5.82 Å². The molecule has 30 heavy (non-hydrogen) atoms. The summed E-state index contributed by atoms with van der Waals surface area (Å²) in [6.45, 7) is 0.0180. The van der Waals surface area contributed by atoms with Crippen LogP contribution in [0.15, 0.2) is 23.2 Å². The summed E-state index contributed by atoms with van der Waals surface area (Å²) in [5.74, 6) is -2.30. The quantitative estimate of drug-likeness (QED) is 0.525. The summed E-state index contributed by atoms with van der Waals surface area (Å²) >= 11 is 1.29. The fourth-order valence-corrected chi connectivity index (χ4v) is 4.55. The van der Waals surface area contributed by atoms with Crippen molar-refractivity contribution < 1.29 is 27.2 Å². The minimum Gasteiger partial charge on any atom is -0.362 e. The molecule has 0 spiro atoms. The zero-order valence-electron chi connectivity index (χ0n) is 16.2. The highest BCUT2D eigenvalue weighted by Crippen LogP contribution is 2.30.